The van der Waals surface area contributed by atoms with Crippen molar-refractivity contribution in [2.24, 2.45) is 0 Å². The van der Waals surface area contributed by atoms with Crippen molar-refractivity contribution in [3.05, 3.63) is 44.8 Å². The zero-order chi connectivity index (χ0) is 21.7. The molecule has 3 N–H and O–H groups in total. The molecule has 2 aromatic heterocycles. The number of carbonyl (C=O) groups is 2. The van der Waals surface area contributed by atoms with E-state index < -0.39 is 35.9 Å². The van der Waals surface area contributed by atoms with Crippen LogP contribution in [0.1, 0.15) is 22.6 Å². The van der Waals surface area contributed by atoms with Crippen LogP contribution in [-0.4, -0.2) is 58.3 Å². The van der Waals surface area contributed by atoms with Gasteiger partial charge in [0.05, 0.1) is 24.7 Å². The SMILES string of the molecule is COc1ccsc1C=CC(=O)O[C@@H]1C[C@](OCc2cccs2)(C(=O)O)C[C@H](O)[C@H]1O. The summed E-state index contributed by atoms with van der Waals surface area (Å²) < 4.78 is 16.1. The number of carboxylic acids is 1. The third-order valence-corrected chi connectivity index (χ3v) is 6.53. The molecular formula is C20H22O8S2. The van der Waals surface area contributed by atoms with Crippen molar-refractivity contribution in [3.8, 4) is 5.75 Å². The highest BCUT2D eigenvalue weighted by atomic mass is 32.1. The van der Waals surface area contributed by atoms with E-state index in [1.54, 1.807) is 17.5 Å². The molecule has 1 saturated carbocycles. The van der Waals surface area contributed by atoms with Gasteiger partial charge in [-0.3, -0.25) is 0 Å². The molecule has 1 aliphatic carbocycles. The van der Waals surface area contributed by atoms with Gasteiger partial charge in [-0.15, -0.1) is 22.7 Å². The zero-order valence-electron chi connectivity index (χ0n) is 16.1. The van der Waals surface area contributed by atoms with Gasteiger partial charge in [-0.25, -0.2) is 9.59 Å². The van der Waals surface area contributed by atoms with Gasteiger partial charge in [-0.1, -0.05) is 6.07 Å². The number of aliphatic hydroxyl groups excluding tert-OH is 2. The minimum Gasteiger partial charge on any atom is -0.495 e. The molecule has 10 heteroatoms. The predicted octanol–water partition coefficient (Wildman–Crippen LogP) is 2.30. The average Bonchev–Trinajstić information content (AvgIpc) is 3.39. The lowest BCUT2D eigenvalue weighted by Crippen LogP contribution is -2.58. The Labute approximate surface area is 180 Å². The van der Waals surface area contributed by atoms with Crippen LogP contribution in [0.3, 0.4) is 0 Å². The van der Waals surface area contributed by atoms with Crippen LogP contribution in [0.5, 0.6) is 5.75 Å². The third kappa shape index (κ3) is 5.08. The highest BCUT2D eigenvalue weighted by Gasteiger charge is 2.52. The molecule has 0 saturated heterocycles. The van der Waals surface area contributed by atoms with Crippen LogP contribution in [0.2, 0.25) is 0 Å². The Morgan fingerprint density at radius 2 is 2.03 bits per heavy atom. The van der Waals surface area contributed by atoms with Crippen LogP contribution < -0.4 is 4.74 Å². The molecule has 0 bridgehead atoms. The Hall–Kier alpha value is -2.24. The molecule has 30 heavy (non-hydrogen) atoms. The maximum Gasteiger partial charge on any atom is 0.336 e. The van der Waals surface area contributed by atoms with Crippen LogP contribution in [0.15, 0.2) is 35.0 Å². The number of ether oxygens (including phenoxy) is 3. The first kappa shape index (κ1) is 22.4. The number of carboxylic acid groups (broad SMARTS) is 1. The topological polar surface area (TPSA) is 123 Å². The van der Waals surface area contributed by atoms with E-state index in [1.165, 1.54) is 35.9 Å². The van der Waals surface area contributed by atoms with E-state index in [2.05, 4.69) is 0 Å². The van der Waals surface area contributed by atoms with E-state index in [1.807, 2.05) is 11.4 Å². The predicted molar refractivity (Wildman–Crippen MR) is 111 cm³/mol. The number of esters is 1. The monoisotopic (exact) mass is 454 g/mol. The van der Waals surface area contributed by atoms with E-state index >= 15 is 0 Å². The first-order valence-electron chi connectivity index (χ1n) is 9.10. The lowest BCUT2D eigenvalue weighted by Gasteiger charge is -2.41. The summed E-state index contributed by atoms with van der Waals surface area (Å²) in [5, 5.41) is 33.9. The summed E-state index contributed by atoms with van der Waals surface area (Å²) in [4.78, 5) is 25.8. The fraction of sp³-hybridized carbons (Fsp3) is 0.400. The van der Waals surface area contributed by atoms with Crippen LogP contribution in [0.4, 0.5) is 0 Å². The fourth-order valence-corrected chi connectivity index (χ4v) is 4.60. The molecule has 3 rings (SSSR count). The smallest absolute Gasteiger partial charge is 0.336 e. The Morgan fingerprint density at radius 3 is 2.70 bits per heavy atom. The summed E-state index contributed by atoms with van der Waals surface area (Å²) in [5.74, 6) is -1.46. The Kier molecular flexibility index (Phi) is 7.27. The summed E-state index contributed by atoms with van der Waals surface area (Å²) in [5.41, 5.74) is -1.78. The Balaban J connectivity index is 1.71. The number of rotatable bonds is 8. The van der Waals surface area contributed by atoms with Gasteiger partial charge in [0.1, 0.15) is 18.0 Å². The van der Waals surface area contributed by atoms with E-state index in [-0.39, 0.29) is 19.4 Å². The molecule has 2 aromatic rings. The normalized spacial score (nSPS) is 26.6. The second-order valence-corrected chi connectivity index (χ2v) is 8.78. The molecule has 2 heterocycles. The van der Waals surface area contributed by atoms with Crippen molar-refractivity contribution < 1.29 is 39.1 Å². The number of carbonyl (C=O) groups excluding carboxylic acids is 1. The first-order chi connectivity index (χ1) is 14.3. The third-order valence-electron chi connectivity index (χ3n) is 4.82. The molecule has 0 aliphatic heterocycles. The molecule has 4 atom stereocenters. The van der Waals surface area contributed by atoms with Crippen LogP contribution >= 0.6 is 22.7 Å². The second kappa shape index (κ2) is 9.71. The van der Waals surface area contributed by atoms with Crippen molar-refractivity contribution >= 4 is 40.7 Å². The molecule has 0 amide bonds. The van der Waals surface area contributed by atoms with Crippen molar-refractivity contribution in [1.82, 2.24) is 0 Å². The van der Waals surface area contributed by atoms with Crippen molar-refractivity contribution in [3.63, 3.8) is 0 Å². The number of aliphatic hydroxyl groups is 2. The van der Waals surface area contributed by atoms with Gasteiger partial charge in [0.25, 0.3) is 0 Å². The average molecular weight is 455 g/mol. The van der Waals surface area contributed by atoms with Gasteiger partial charge in [0.2, 0.25) is 0 Å². The number of hydrogen-bond acceptors (Lipinski definition) is 9. The van der Waals surface area contributed by atoms with Crippen molar-refractivity contribution in [2.75, 3.05) is 7.11 Å². The molecule has 8 nitrogen and oxygen atoms in total. The van der Waals surface area contributed by atoms with E-state index in [9.17, 15) is 24.9 Å². The van der Waals surface area contributed by atoms with Gasteiger partial charge in [-0.05, 0) is 29.0 Å². The summed E-state index contributed by atoms with van der Waals surface area (Å²) in [6, 6.07) is 5.37. The van der Waals surface area contributed by atoms with Crippen LogP contribution in [0.25, 0.3) is 6.08 Å². The molecule has 0 unspecified atom stereocenters. The van der Waals surface area contributed by atoms with Gasteiger partial charge in [-0.2, -0.15) is 0 Å². The molecule has 1 fully saturated rings. The molecule has 0 spiro atoms. The summed E-state index contributed by atoms with van der Waals surface area (Å²) in [6.45, 7) is 0.0333. The van der Waals surface area contributed by atoms with Gasteiger partial charge < -0.3 is 29.5 Å². The highest BCUT2D eigenvalue weighted by molar-refractivity contribution is 7.11. The molecule has 0 aromatic carbocycles. The molecule has 1 aliphatic rings. The minimum atomic E-state index is -1.78. The second-order valence-electron chi connectivity index (χ2n) is 6.80. The number of thiophene rings is 2. The molecule has 162 valence electrons. The van der Waals surface area contributed by atoms with Crippen molar-refractivity contribution in [2.45, 2.75) is 43.4 Å². The largest absolute Gasteiger partial charge is 0.495 e. The standard InChI is InChI=1S/C20H22O8S2/c1-26-14-6-8-30-16(14)4-5-17(22)28-15-10-20(19(24)25,9-13(21)18(15)23)27-11-12-3-2-7-29-12/h2-8,13,15,18,21,23H,9-11H2,1H3,(H,24,25)/t13-,15+,18+,20-/m0/s1. The molecular weight excluding hydrogens is 432 g/mol. The quantitative estimate of drug-likeness (QED) is 0.410. The maximum absolute atomic E-state index is 12.3. The van der Waals surface area contributed by atoms with E-state index in [0.717, 1.165) is 11.0 Å². The summed E-state index contributed by atoms with van der Waals surface area (Å²) in [6.07, 6.45) is -2.00. The lowest BCUT2D eigenvalue weighted by molar-refractivity contribution is -0.209. The van der Waals surface area contributed by atoms with Crippen LogP contribution in [0, 0.1) is 0 Å². The number of methoxy groups -OCH3 is 1. The van der Waals surface area contributed by atoms with E-state index in [0.29, 0.717) is 10.6 Å². The fourth-order valence-electron chi connectivity index (χ4n) is 3.24. The van der Waals surface area contributed by atoms with Gasteiger partial charge in [0.15, 0.2) is 5.60 Å². The van der Waals surface area contributed by atoms with Gasteiger partial charge in [0, 0.05) is 23.8 Å². The van der Waals surface area contributed by atoms with E-state index in [4.69, 9.17) is 14.2 Å². The van der Waals surface area contributed by atoms with Crippen molar-refractivity contribution in [1.29, 1.82) is 0 Å². The molecule has 0 radical (unpaired) electrons. The maximum atomic E-state index is 12.3. The Bertz CT molecular complexity index is 891. The first-order valence-corrected chi connectivity index (χ1v) is 10.9. The summed E-state index contributed by atoms with van der Waals surface area (Å²) in [7, 11) is 1.51. The summed E-state index contributed by atoms with van der Waals surface area (Å²) >= 11 is 2.78. The highest BCUT2D eigenvalue weighted by Crippen LogP contribution is 2.36. The minimum absolute atomic E-state index is 0.0333. The lowest BCUT2D eigenvalue weighted by atomic mass is 9.79. The number of hydrogen-bond donors (Lipinski definition) is 3. The Morgan fingerprint density at radius 1 is 1.23 bits per heavy atom. The number of aliphatic carboxylic acids is 1. The zero-order valence-corrected chi connectivity index (χ0v) is 17.7. The van der Waals surface area contributed by atoms with Gasteiger partial charge >= 0.3 is 11.9 Å². The van der Waals surface area contributed by atoms with Crippen LogP contribution in [-0.2, 0) is 25.7 Å².